The van der Waals surface area contributed by atoms with Gasteiger partial charge in [0.15, 0.2) is 0 Å². The standard InChI is InChI=1S/C23H18ClN3O3/c24-19-11-16(6-3-15(19)12-25)27-22(20-2-1-9-30-20)18-8-4-13-10-14(23(28)29)5-7-17(13)21(18)26-27/h1-3,5-7,9-11,18,21-22,26H,4,8H2,(H,28,29)/t18-,21?,22+/m1/s1. The number of carboxylic acids is 1. The van der Waals surface area contributed by atoms with Crippen LogP contribution >= 0.6 is 11.6 Å². The Hall–Kier alpha value is -3.27. The number of hydrazine groups is 1. The minimum Gasteiger partial charge on any atom is -0.478 e. The molecule has 30 heavy (non-hydrogen) atoms. The van der Waals surface area contributed by atoms with Crippen molar-refractivity contribution in [2.45, 2.75) is 24.9 Å². The molecule has 2 aromatic carbocycles. The van der Waals surface area contributed by atoms with Crippen molar-refractivity contribution in [3.05, 3.63) is 87.8 Å². The van der Waals surface area contributed by atoms with E-state index in [0.717, 1.165) is 35.4 Å². The summed E-state index contributed by atoms with van der Waals surface area (Å²) >= 11 is 6.31. The maximum Gasteiger partial charge on any atom is 0.335 e. The van der Waals surface area contributed by atoms with E-state index in [1.54, 1.807) is 30.5 Å². The number of hydrogen-bond donors (Lipinski definition) is 2. The van der Waals surface area contributed by atoms with Gasteiger partial charge >= 0.3 is 5.97 Å². The Morgan fingerprint density at radius 1 is 1.27 bits per heavy atom. The molecular weight excluding hydrogens is 402 g/mol. The summed E-state index contributed by atoms with van der Waals surface area (Å²) in [6, 6.07) is 16.6. The zero-order valence-corrected chi connectivity index (χ0v) is 16.6. The third-order valence-corrected chi connectivity index (χ3v) is 6.36. The number of anilines is 1. The fourth-order valence-electron chi connectivity index (χ4n) is 4.68. The van der Waals surface area contributed by atoms with E-state index in [2.05, 4.69) is 16.5 Å². The second-order valence-electron chi connectivity index (χ2n) is 7.63. The van der Waals surface area contributed by atoms with Crippen LogP contribution in [-0.4, -0.2) is 11.1 Å². The quantitative estimate of drug-likeness (QED) is 0.629. The highest BCUT2D eigenvalue weighted by Gasteiger charge is 2.47. The van der Waals surface area contributed by atoms with Crippen LogP contribution in [0.25, 0.3) is 0 Å². The highest BCUT2D eigenvalue weighted by atomic mass is 35.5. The smallest absolute Gasteiger partial charge is 0.335 e. The first-order chi connectivity index (χ1) is 14.6. The molecule has 0 amide bonds. The summed E-state index contributed by atoms with van der Waals surface area (Å²) in [5.41, 5.74) is 7.35. The number of carbonyl (C=O) groups is 1. The monoisotopic (exact) mass is 419 g/mol. The average molecular weight is 420 g/mol. The van der Waals surface area contributed by atoms with Crippen LogP contribution in [0.4, 0.5) is 5.69 Å². The van der Waals surface area contributed by atoms with Crippen molar-refractivity contribution in [2.24, 2.45) is 5.92 Å². The minimum atomic E-state index is -0.915. The Balaban J connectivity index is 1.58. The first kappa shape index (κ1) is 18.7. The Labute approximate surface area is 178 Å². The van der Waals surface area contributed by atoms with Gasteiger partial charge in [0.25, 0.3) is 0 Å². The van der Waals surface area contributed by atoms with Gasteiger partial charge in [-0.25, -0.2) is 10.2 Å². The highest BCUT2D eigenvalue weighted by molar-refractivity contribution is 6.32. The van der Waals surface area contributed by atoms with Gasteiger partial charge in [-0.2, -0.15) is 5.26 Å². The van der Waals surface area contributed by atoms with Crippen LogP contribution in [-0.2, 0) is 6.42 Å². The molecule has 0 spiro atoms. The van der Waals surface area contributed by atoms with E-state index < -0.39 is 5.97 Å². The van der Waals surface area contributed by atoms with E-state index in [0.29, 0.717) is 16.1 Å². The molecule has 2 N–H and O–H groups in total. The maximum absolute atomic E-state index is 11.4. The van der Waals surface area contributed by atoms with Gasteiger partial charge < -0.3 is 9.52 Å². The molecule has 5 rings (SSSR count). The molecule has 3 atom stereocenters. The van der Waals surface area contributed by atoms with E-state index >= 15 is 0 Å². The minimum absolute atomic E-state index is 0.0149. The molecule has 1 aliphatic carbocycles. The summed E-state index contributed by atoms with van der Waals surface area (Å²) in [5, 5.41) is 21.0. The van der Waals surface area contributed by atoms with Gasteiger partial charge in [-0.05, 0) is 66.4 Å². The lowest BCUT2D eigenvalue weighted by Crippen LogP contribution is -2.34. The third-order valence-electron chi connectivity index (χ3n) is 6.05. The lowest BCUT2D eigenvalue weighted by molar-refractivity contribution is 0.0696. The number of aromatic carboxylic acids is 1. The first-order valence-electron chi connectivity index (χ1n) is 9.71. The normalized spacial score (nSPS) is 22.3. The largest absolute Gasteiger partial charge is 0.478 e. The number of nitrogens with one attached hydrogen (secondary N) is 1. The fraction of sp³-hybridized carbons (Fsp3) is 0.217. The molecular formula is C23H18ClN3O3. The Bertz CT molecular complexity index is 1170. The van der Waals surface area contributed by atoms with Crippen molar-refractivity contribution in [1.29, 1.82) is 5.26 Å². The van der Waals surface area contributed by atoms with E-state index in [1.165, 1.54) is 0 Å². The van der Waals surface area contributed by atoms with E-state index in [9.17, 15) is 15.2 Å². The predicted octanol–water partition coefficient (Wildman–Crippen LogP) is 4.87. The highest BCUT2D eigenvalue weighted by Crippen LogP contribution is 2.50. The van der Waals surface area contributed by atoms with Crippen molar-refractivity contribution in [3.63, 3.8) is 0 Å². The van der Waals surface area contributed by atoms with Crippen LogP contribution in [0.2, 0.25) is 5.02 Å². The Kier molecular flexibility index (Phi) is 4.50. The van der Waals surface area contributed by atoms with Gasteiger partial charge in [-0.15, -0.1) is 0 Å². The average Bonchev–Trinajstić information content (AvgIpc) is 3.40. The van der Waals surface area contributed by atoms with Crippen LogP contribution in [0.5, 0.6) is 0 Å². The first-order valence-corrected chi connectivity index (χ1v) is 10.1. The fourth-order valence-corrected chi connectivity index (χ4v) is 4.90. The molecule has 1 unspecified atom stereocenters. The number of nitriles is 1. The SMILES string of the molecule is N#Cc1ccc(N2NC3c4ccc(C(=O)O)cc4CC[C@H]3[C@H]2c2ccco2)cc1Cl. The lowest BCUT2D eigenvalue weighted by Gasteiger charge is -2.29. The number of nitrogens with zero attached hydrogens (tertiary/aromatic N) is 2. The van der Waals surface area contributed by atoms with Crippen molar-refractivity contribution in [3.8, 4) is 6.07 Å². The summed E-state index contributed by atoms with van der Waals surface area (Å²) < 4.78 is 5.79. The maximum atomic E-state index is 11.4. The molecule has 0 radical (unpaired) electrons. The van der Waals surface area contributed by atoms with Gasteiger partial charge in [-0.1, -0.05) is 17.7 Å². The molecule has 6 nitrogen and oxygen atoms in total. The topological polar surface area (TPSA) is 89.5 Å². The number of halogens is 1. The van der Waals surface area contributed by atoms with Crippen molar-refractivity contribution >= 4 is 23.3 Å². The number of furan rings is 1. The molecule has 0 saturated carbocycles. The number of rotatable bonds is 3. The Morgan fingerprint density at radius 3 is 2.83 bits per heavy atom. The summed E-state index contributed by atoms with van der Waals surface area (Å²) in [4.78, 5) is 11.4. The third kappa shape index (κ3) is 2.95. The van der Waals surface area contributed by atoms with Gasteiger partial charge in [0.1, 0.15) is 17.9 Å². The van der Waals surface area contributed by atoms with Gasteiger partial charge in [0, 0.05) is 5.92 Å². The number of hydrogen-bond acceptors (Lipinski definition) is 5. The molecule has 150 valence electrons. The van der Waals surface area contributed by atoms with Crippen LogP contribution in [0.15, 0.2) is 59.2 Å². The van der Waals surface area contributed by atoms with Crippen LogP contribution in [0.1, 0.15) is 51.3 Å². The number of fused-ring (bicyclic) bond motifs is 3. The zero-order valence-electron chi connectivity index (χ0n) is 15.9. The molecule has 2 heterocycles. The van der Waals surface area contributed by atoms with Gasteiger partial charge in [-0.3, -0.25) is 5.01 Å². The van der Waals surface area contributed by atoms with Crippen molar-refractivity contribution < 1.29 is 14.3 Å². The number of benzene rings is 2. The molecule has 2 aliphatic rings. The van der Waals surface area contributed by atoms with Crippen LogP contribution < -0.4 is 10.4 Å². The van der Waals surface area contributed by atoms with Crippen LogP contribution in [0.3, 0.4) is 0 Å². The number of aryl methyl sites for hydroxylation is 1. The Morgan fingerprint density at radius 2 is 2.13 bits per heavy atom. The molecule has 0 bridgehead atoms. The summed E-state index contributed by atoms with van der Waals surface area (Å²) in [7, 11) is 0. The molecule has 1 fully saturated rings. The van der Waals surface area contributed by atoms with Crippen LogP contribution in [0, 0.1) is 17.2 Å². The van der Waals surface area contributed by atoms with E-state index in [4.69, 9.17) is 16.0 Å². The second kappa shape index (κ2) is 7.21. The van der Waals surface area contributed by atoms with Crippen molar-refractivity contribution in [2.75, 3.05) is 5.01 Å². The molecule has 1 saturated heterocycles. The molecule has 1 aliphatic heterocycles. The molecule has 3 aromatic rings. The molecule has 1 aromatic heterocycles. The lowest BCUT2D eigenvalue weighted by atomic mass is 9.76. The van der Waals surface area contributed by atoms with Gasteiger partial charge in [0.05, 0.1) is 34.1 Å². The second-order valence-corrected chi connectivity index (χ2v) is 8.04. The van der Waals surface area contributed by atoms with E-state index in [-0.39, 0.29) is 18.0 Å². The predicted molar refractivity (Wildman–Crippen MR) is 111 cm³/mol. The number of carboxylic acid groups (broad SMARTS) is 1. The summed E-state index contributed by atoms with van der Waals surface area (Å²) in [5.74, 6) is 0.163. The van der Waals surface area contributed by atoms with Gasteiger partial charge in [0.2, 0.25) is 0 Å². The summed E-state index contributed by atoms with van der Waals surface area (Å²) in [6.07, 6.45) is 3.36. The van der Waals surface area contributed by atoms with E-state index in [1.807, 2.05) is 24.3 Å². The zero-order chi connectivity index (χ0) is 20.8. The molecule has 7 heteroatoms. The van der Waals surface area contributed by atoms with Crippen molar-refractivity contribution in [1.82, 2.24) is 5.43 Å². The summed E-state index contributed by atoms with van der Waals surface area (Å²) in [6.45, 7) is 0.